The summed E-state index contributed by atoms with van der Waals surface area (Å²) in [5, 5.41) is 0. The molecule has 25 heavy (non-hydrogen) atoms. The average Bonchev–Trinajstić information content (AvgIpc) is 2.32. The third kappa shape index (κ3) is 5.22. The van der Waals surface area contributed by atoms with E-state index in [1.165, 1.54) is 0 Å². The zero-order chi connectivity index (χ0) is 20.0. The highest BCUT2D eigenvalue weighted by molar-refractivity contribution is 5.05. The minimum Gasteiger partial charge on any atom is -0.382 e. The molecule has 1 aliphatic heterocycles. The molecule has 5 atom stereocenters. The number of hydrogen-bond donors (Lipinski definition) is 0. The van der Waals surface area contributed by atoms with Gasteiger partial charge < -0.3 is 9.47 Å². The molecule has 0 aromatic heterocycles. The van der Waals surface area contributed by atoms with Crippen LogP contribution in [0, 0.1) is 39.4 Å². The molecule has 0 spiro atoms. The fraction of sp³-hybridized carbons (Fsp3) is 1.00. The number of rotatable bonds is 2. The summed E-state index contributed by atoms with van der Waals surface area (Å²) in [7, 11) is 1.80. The van der Waals surface area contributed by atoms with E-state index < -0.39 is 0 Å². The number of methoxy groups -OCH3 is 1. The number of ether oxygens (including phenoxy) is 2. The van der Waals surface area contributed by atoms with Crippen LogP contribution in [0.3, 0.4) is 0 Å². The Kier molecular flexibility index (Phi) is 6.57. The monoisotopic (exact) mass is 354 g/mol. The van der Waals surface area contributed by atoms with Crippen molar-refractivity contribution in [3.05, 3.63) is 0 Å². The predicted molar refractivity (Wildman–Crippen MR) is 109 cm³/mol. The van der Waals surface area contributed by atoms with Crippen molar-refractivity contribution in [1.29, 1.82) is 0 Å². The molecule has 0 amide bonds. The normalized spacial score (nSPS) is 32.8. The Bertz CT molecular complexity index is 425. The summed E-state index contributed by atoms with van der Waals surface area (Å²) in [5.74, 6) is 1.55. The van der Waals surface area contributed by atoms with Gasteiger partial charge in [0.15, 0.2) is 0 Å². The summed E-state index contributed by atoms with van der Waals surface area (Å²) >= 11 is 0. The van der Waals surface area contributed by atoms with Crippen LogP contribution < -0.4 is 0 Å². The Balaban J connectivity index is 3.62. The first-order valence-corrected chi connectivity index (χ1v) is 10.1. The van der Waals surface area contributed by atoms with Crippen molar-refractivity contribution in [2.75, 3.05) is 13.7 Å². The van der Waals surface area contributed by atoms with Crippen LogP contribution in [0.5, 0.6) is 0 Å². The van der Waals surface area contributed by atoms with Gasteiger partial charge in [0, 0.05) is 7.11 Å². The van der Waals surface area contributed by atoms with E-state index in [1.807, 2.05) is 0 Å². The second-order valence-electron chi connectivity index (χ2n) is 12.6. The highest BCUT2D eigenvalue weighted by Gasteiger charge is 2.58. The fourth-order valence-corrected chi connectivity index (χ4v) is 5.22. The molecule has 0 saturated carbocycles. The average molecular weight is 355 g/mol. The molecule has 2 nitrogen and oxygen atoms in total. The van der Waals surface area contributed by atoms with Gasteiger partial charge in [-0.3, -0.25) is 0 Å². The molecule has 1 saturated heterocycles. The van der Waals surface area contributed by atoms with Crippen LogP contribution in [0.2, 0.25) is 0 Å². The molecule has 1 aliphatic rings. The standard InChI is InChI=1S/C23H46O2/c1-20(2,3)16-15(14-24-13)25-19(23(10,11)12)18(22(7,8)9)17(16)21(4,5)6/h15-19H,14H2,1-13H3/t15?,16-,17+,18?,19+/m1/s1. The van der Waals surface area contributed by atoms with Gasteiger partial charge in [-0.1, -0.05) is 83.1 Å². The topological polar surface area (TPSA) is 18.5 Å². The molecule has 2 unspecified atom stereocenters. The summed E-state index contributed by atoms with van der Waals surface area (Å²) in [6.45, 7) is 29.2. The second-order valence-corrected chi connectivity index (χ2v) is 12.6. The quantitative estimate of drug-likeness (QED) is 0.568. The van der Waals surface area contributed by atoms with E-state index in [0.29, 0.717) is 24.4 Å². The maximum Gasteiger partial charge on any atom is 0.0848 e. The second kappa shape index (κ2) is 7.15. The van der Waals surface area contributed by atoms with Gasteiger partial charge in [0.05, 0.1) is 18.8 Å². The molecule has 2 heteroatoms. The third-order valence-electron chi connectivity index (χ3n) is 6.01. The van der Waals surface area contributed by atoms with E-state index in [2.05, 4.69) is 83.1 Å². The van der Waals surface area contributed by atoms with E-state index in [1.54, 1.807) is 7.11 Å². The molecule has 0 aromatic rings. The summed E-state index contributed by atoms with van der Waals surface area (Å²) in [6.07, 6.45) is 0.382. The minimum atomic E-state index is 0.107. The van der Waals surface area contributed by atoms with Gasteiger partial charge in [-0.2, -0.15) is 0 Å². The van der Waals surface area contributed by atoms with Gasteiger partial charge in [-0.05, 0) is 39.4 Å². The van der Waals surface area contributed by atoms with Crippen molar-refractivity contribution in [2.45, 2.75) is 95.3 Å². The Morgan fingerprint density at radius 2 is 1.00 bits per heavy atom. The Morgan fingerprint density at radius 1 is 0.600 bits per heavy atom. The maximum atomic E-state index is 6.87. The van der Waals surface area contributed by atoms with Gasteiger partial charge in [-0.15, -0.1) is 0 Å². The fourth-order valence-electron chi connectivity index (χ4n) is 5.22. The summed E-state index contributed by atoms with van der Waals surface area (Å²) < 4.78 is 12.5. The SMILES string of the molecule is COCC1O[C@H](C(C)(C)C)C(C(C)(C)C)[C@@H](C(C)(C)C)[C@@H]1C(C)(C)C. The van der Waals surface area contributed by atoms with Crippen molar-refractivity contribution in [1.82, 2.24) is 0 Å². The Labute approximate surface area is 158 Å². The molecule has 150 valence electrons. The van der Waals surface area contributed by atoms with Crippen molar-refractivity contribution < 1.29 is 9.47 Å². The summed E-state index contributed by atoms with van der Waals surface area (Å²) in [6, 6.07) is 0. The Hall–Kier alpha value is -0.0800. The first kappa shape index (κ1) is 23.0. The van der Waals surface area contributed by atoms with Gasteiger partial charge in [0.1, 0.15) is 0 Å². The highest BCUT2D eigenvalue weighted by Crippen LogP contribution is 2.58. The van der Waals surface area contributed by atoms with Gasteiger partial charge in [0.25, 0.3) is 0 Å². The molecular formula is C23H46O2. The van der Waals surface area contributed by atoms with Crippen LogP contribution in [0.4, 0.5) is 0 Å². The predicted octanol–water partition coefficient (Wildman–Crippen LogP) is 6.43. The third-order valence-corrected chi connectivity index (χ3v) is 6.01. The molecule has 0 aromatic carbocycles. The molecule has 1 fully saturated rings. The summed E-state index contributed by atoms with van der Waals surface area (Å²) in [4.78, 5) is 0. The molecule has 1 rings (SSSR count). The lowest BCUT2D eigenvalue weighted by Crippen LogP contribution is -2.62. The molecule has 0 N–H and O–H groups in total. The molecular weight excluding hydrogens is 308 g/mol. The first-order valence-electron chi connectivity index (χ1n) is 10.1. The van der Waals surface area contributed by atoms with Crippen LogP contribution in [0.1, 0.15) is 83.1 Å². The Morgan fingerprint density at radius 3 is 1.28 bits per heavy atom. The van der Waals surface area contributed by atoms with Crippen LogP contribution in [-0.2, 0) is 9.47 Å². The molecule has 0 radical (unpaired) electrons. The highest BCUT2D eigenvalue weighted by atomic mass is 16.5. The lowest BCUT2D eigenvalue weighted by atomic mass is 9.50. The van der Waals surface area contributed by atoms with Crippen molar-refractivity contribution in [3.63, 3.8) is 0 Å². The van der Waals surface area contributed by atoms with Crippen LogP contribution >= 0.6 is 0 Å². The number of hydrogen-bond acceptors (Lipinski definition) is 2. The van der Waals surface area contributed by atoms with E-state index in [-0.39, 0.29) is 33.9 Å². The van der Waals surface area contributed by atoms with Crippen molar-refractivity contribution >= 4 is 0 Å². The van der Waals surface area contributed by atoms with E-state index >= 15 is 0 Å². The van der Waals surface area contributed by atoms with Crippen LogP contribution in [-0.4, -0.2) is 25.9 Å². The zero-order valence-corrected chi connectivity index (χ0v) is 19.4. The van der Waals surface area contributed by atoms with Gasteiger partial charge >= 0.3 is 0 Å². The largest absolute Gasteiger partial charge is 0.382 e. The maximum absolute atomic E-state index is 6.87. The molecule has 0 bridgehead atoms. The van der Waals surface area contributed by atoms with E-state index in [9.17, 15) is 0 Å². The summed E-state index contributed by atoms with van der Waals surface area (Å²) in [5.41, 5.74) is 0.691. The van der Waals surface area contributed by atoms with Crippen LogP contribution in [0.15, 0.2) is 0 Å². The van der Waals surface area contributed by atoms with Crippen LogP contribution in [0.25, 0.3) is 0 Å². The van der Waals surface area contributed by atoms with E-state index in [0.717, 1.165) is 0 Å². The molecule has 0 aliphatic carbocycles. The lowest BCUT2D eigenvalue weighted by Gasteiger charge is -2.61. The van der Waals surface area contributed by atoms with Crippen molar-refractivity contribution in [2.24, 2.45) is 39.4 Å². The van der Waals surface area contributed by atoms with Gasteiger partial charge in [0.2, 0.25) is 0 Å². The van der Waals surface area contributed by atoms with E-state index in [4.69, 9.17) is 9.47 Å². The lowest BCUT2D eigenvalue weighted by molar-refractivity contribution is -0.250. The smallest absolute Gasteiger partial charge is 0.0848 e. The van der Waals surface area contributed by atoms with Gasteiger partial charge in [-0.25, -0.2) is 0 Å². The zero-order valence-electron chi connectivity index (χ0n) is 19.4. The first-order chi connectivity index (χ1) is 10.9. The van der Waals surface area contributed by atoms with Crippen molar-refractivity contribution in [3.8, 4) is 0 Å². The molecule has 1 heterocycles. The minimum absolute atomic E-state index is 0.107.